The van der Waals surface area contributed by atoms with Gasteiger partial charge in [0, 0.05) is 18.2 Å². The van der Waals surface area contributed by atoms with Crippen molar-refractivity contribution >= 4 is 27.3 Å². The number of hydrogen-bond donors (Lipinski definition) is 1. The molecule has 2 aromatic rings. The van der Waals surface area contributed by atoms with Gasteiger partial charge in [-0.1, -0.05) is 18.9 Å². The Hall–Kier alpha value is -2.55. The Morgan fingerprint density at radius 3 is 2.33 bits per heavy atom. The topological polar surface area (TPSA) is 66.5 Å². The van der Waals surface area contributed by atoms with E-state index < -0.39 is 21.8 Å². The van der Waals surface area contributed by atoms with Crippen LogP contribution in [0.3, 0.4) is 0 Å². The van der Waals surface area contributed by atoms with E-state index in [1.54, 1.807) is 23.1 Å². The Balaban J connectivity index is 1.55. The Labute approximate surface area is 172 Å². The van der Waals surface area contributed by atoms with Gasteiger partial charge >= 0.3 is 6.18 Å². The molecule has 5 nitrogen and oxygen atoms in total. The summed E-state index contributed by atoms with van der Waals surface area (Å²) in [6, 6.07) is 8.32. The number of alkyl halides is 3. The van der Waals surface area contributed by atoms with Crippen LogP contribution < -0.4 is 9.62 Å². The standard InChI is InChI=1S/C21H21F3N2O3S/c22-21(23,24)16-6-9-18(10-7-16)30(28,29)25-17-8-5-14-11-12-26(19(14)13-17)20(27)15-3-1-2-4-15/h5-10,13,15,25H,1-4,11-12H2. The van der Waals surface area contributed by atoms with Gasteiger partial charge in [0.2, 0.25) is 5.91 Å². The summed E-state index contributed by atoms with van der Waals surface area (Å²) in [6.45, 7) is 0.569. The molecule has 1 aliphatic heterocycles. The zero-order valence-corrected chi connectivity index (χ0v) is 16.9. The summed E-state index contributed by atoms with van der Waals surface area (Å²) >= 11 is 0. The van der Waals surface area contributed by atoms with Gasteiger partial charge in [-0.2, -0.15) is 13.2 Å². The number of halogens is 3. The molecule has 1 N–H and O–H groups in total. The average molecular weight is 438 g/mol. The van der Waals surface area contributed by atoms with Crippen LogP contribution in [0.4, 0.5) is 24.5 Å². The maximum absolute atomic E-state index is 12.8. The lowest BCUT2D eigenvalue weighted by Crippen LogP contribution is -2.33. The van der Waals surface area contributed by atoms with E-state index >= 15 is 0 Å². The second-order valence-electron chi connectivity index (χ2n) is 7.69. The van der Waals surface area contributed by atoms with Crippen LogP contribution in [-0.4, -0.2) is 20.9 Å². The summed E-state index contributed by atoms with van der Waals surface area (Å²) in [6.07, 6.45) is 0.0225. The van der Waals surface area contributed by atoms with Crippen LogP contribution in [0.2, 0.25) is 0 Å². The van der Waals surface area contributed by atoms with Crippen LogP contribution in [0, 0.1) is 5.92 Å². The van der Waals surface area contributed by atoms with E-state index in [4.69, 9.17) is 0 Å². The molecule has 0 bridgehead atoms. The lowest BCUT2D eigenvalue weighted by Gasteiger charge is -2.22. The molecule has 1 saturated carbocycles. The van der Waals surface area contributed by atoms with Gasteiger partial charge in [0.1, 0.15) is 0 Å². The predicted molar refractivity (Wildman–Crippen MR) is 107 cm³/mol. The molecule has 2 aliphatic rings. The first kappa shape index (κ1) is 20.7. The average Bonchev–Trinajstić information content (AvgIpc) is 3.36. The van der Waals surface area contributed by atoms with Gasteiger partial charge in [-0.15, -0.1) is 0 Å². The lowest BCUT2D eigenvalue weighted by atomic mass is 10.1. The minimum atomic E-state index is -4.54. The Morgan fingerprint density at radius 1 is 1.03 bits per heavy atom. The monoisotopic (exact) mass is 438 g/mol. The molecule has 0 spiro atoms. The molecule has 1 aliphatic carbocycles. The van der Waals surface area contributed by atoms with E-state index in [1.165, 1.54) is 0 Å². The fourth-order valence-electron chi connectivity index (χ4n) is 4.10. The fraction of sp³-hybridized carbons (Fsp3) is 0.381. The highest BCUT2D eigenvalue weighted by atomic mass is 32.2. The molecule has 2 aromatic carbocycles. The Kier molecular flexibility index (Phi) is 5.25. The van der Waals surface area contributed by atoms with Crippen molar-refractivity contribution in [2.24, 2.45) is 5.92 Å². The number of benzene rings is 2. The summed E-state index contributed by atoms with van der Waals surface area (Å²) in [5.41, 5.74) is 1.01. The molecule has 30 heavy (non-hydrogen) atoms. The largest absolute Gasteiger partial charge is 0.416 e. The number of amides is 1. The first-order valence-electron chi connectivity index (χ1n) is 9.79. The lowest BCUT2D eigenvalue weighted by molar-refractivity contribution is -0.137. The molecule has 9 heteroatoms. The van der Waals surface area contributed by atoms with Crippen LogP contribution in [0.15, 0.2) is 47.4 Å². The normalized spacial score (nSPS) is 17.2. The molecular formula is C21H21F3N2O3S. The van der Waals surface area contributed by atoms with Gasteiger partial charge in [0.05, 0.1) is 16.1 Å². The summed E-state index contributed by atoms with van der Waals surface area (Å²) in [5, 5.41) is 0. The Bertz CT molecular complexity index is 1060. The number of anilines is 2. The maximum atomic E-state index is 12.8. The second-order valence-corrected chi connectivity index (χ2v) is 9.37. The minimum Gasteiger partial charge on any atom is -0.312 e. The van der Waals surface area contributed by atoms with Gasteiger partial charge in [-0.3, -0.25) is 9.52 Å². The summed E-state index contributed by atoms with van der Waals surface area (Å²) < 4.78 is 65.8. The van der Waals surface area contributed by atoms with Crippen LogP contribution in [0.5, 0.6) is 0 Å². The third kappa shape index (κ3) is 4.03. The van der Waals surface area contributed by atoms with Crippen molar-refractivity contribution in [3.63, 3.8) is 0 Å². The summed E-state index contributed by atoms with van der Waals surface area (Å²) in [7, 11) is -4.07. The quantitative estimate of drug-likeness (QED) is 0.760. The first-order chi connectivity index (χ1) is 14.1. The van der Waals surface area contributed by atoms with E-state index in [2.05, 4.69) is 4.72 Å². The molecule has 0 unspecified atom stereocenters. The van der Waals surface area contributed by atoms with E-state index in [0.717, 1.165) is 55.5 Å². The zero-order chi connectivity index (χ0) is 21.5. The molecule has 0 saturated heterocycles. The molecule has 160 valence electrons. The molecule has 0 atom stereocenters. The predicted octanol–water partition coefficient (Wildman–Crippen LogP) is 4.59. The summed E-state index contributed by atoms with van der Waals surface area (Å²) in [5.74, 6) is 0.0949. The molecule has 1 fully saturated rings. The van der Waals surface area contributed by atoms with Crippen molar-refractivity contribution in [2.75, 3.05) is 16.2 Å². The fourth-order valence-corrected chi connectivity index (χ4v) is 5.15. The van der Waals surface area contributed by atoms with Crippen molar-refractivity contribution in [1.82, 2.24) is 0 Å². The third-order valence-corrected chi connectivity index (χ3v) is 7.09. The van der Waals surface area contributed by atoms with Crippen molar-refractivity contribution in [3.05, 3.63) is 53.6 Å². The van der Waals surface area contributed by atoms with Gasteiger partial charge in [0.15, 0.2) is 0 Å². The number of nitrogens with zero attached hydrogens (tertiary/aromatic N) is 1. The van der Waals surface area contributed by atoms with Gasteiger partial charge in [-0.05, 0) is 61.2 Å². The zero-order valence-electron chi connectivity index (χ0n) is 16.1. The number of carbonyl (C=O) groups is 1. The molecule has 4 rings (SSSR count). The van der Waals surface area contributed by atoms with E-state index in [9.17, 15) is 26.4 Å². The highest BCUT2D eigenvalue weighted by molar-refractivity contribution is 7.92. The number of fused-ring (bicyclic) bond motifs is 1. The van der Waals surface area contributed by atoms with E-state index in [-0.39, 0.29) is 22.4 Å². The van der Waals surface area contributed by atoms with Crippen LogP contribution in [0.25, 0.3) is 0 Å². The molecule has 0 radical (unpaired) electrons. The van der Waals surface area contributed by atoms with E-state index in [1.807, 2.05) is 0 Å². The summed E-state index contributed by atoms with van der Waals surface area (Å²) in [4.78, 5) is 14.3. The number of rotatable bonds is 4. The van der Waals surface area contributed by atoms with Gasteiger partial charge in [-0.25, -0.2) is 8.42 Å². The maximum Gasteiger partial charge on any atom is 0.416 e. The molecule has 1 heterocycles. The number of nitrogens with one attached hydrogen (secondary N) is 1. The molecule has 0 aromatic heterocycles. The van der Waals surface area contributed by atoms with Crippen LogP contribution in [0.1, 0.15) is 36.8 Å². The second kappa shape index (κ2) is 7.61. The highest BCUT2D eigenvalue weighted by Gasteiger charge is 2.33. The van der Waals surface area contributed by atoms with Crippen molar-refractivity contribution < 1.29 is 26.4 Å². The molecular weight excluding hydrogens is 417 g/mol. The SMILES string of the molecule is O=C(C1CCCC1)N1CCc2ccc(NS(=O)(=O)c3ccc(C(F)(F)F)cc3)cc21. The first-order valence-corrected chi connectivity index (χ1v) is 11.3. The number of hydrogen-bond acceptors (Lipinski definition) is 3. The van der Waals surface area contributed by atoms with Crippen molar-refractivity contribution in [1.29, 1.82) is 0 Å². The Morgan fingerprint density at radius 2 is 1.70 bits per heavy atom. The number of carbonyl (C=O) groups excluding carboxylic acids is 1. The van der Waals surface area contributed by atoms with Crippen LogP contribution >= 0.6 is 0 Å². The minimum absolute atomic E-state index is 0.0171. The smallest absolute Gasteiger partial charge is 0.312 e. The van der Waals surface area contributed by atoms with Gasteiger partial charge < -0.3 is 4.90 Å². The molecule has 1 amide bonds. The van der Waals surface area contributed by atoms with Crippen molar-refractivity contribution in [2.45, 2.75) is 43.2 Å². The highest BCUT2D eigenvalue weighted by Crippen LogP contribution is 2.36. The third-order valence-electron chi connectivity index (χ3n) is 5.70. The van der Waals surface area contributed by atoms with Gasteiger partial charge in [0.25, 0.3) is 10.0 Å². The van der Waals surface area contributed by atoms with E-state index in [0.29, 0.717) is 18.7 Å². The van der Waals surface area contributed by atoms with Crippen molar-refractivity contribution in [3.8, 4) is 0 Å². The van der Waals surface area contributed by atoms with Crippen LogP contribution in [-0.2, 0) is 27.4 Å². The number of sulfonamides is 1.